The number of benzene rings is 1. The van der Waals surface area contributed by atoms with Crippen LogP contribution in [-0.2, 0) is 0 Å². The van der Waals surface area contributed by atoms with Crippen LogP contribution < -0.4 is 0 Å². The minimum absolute atomic E-state index is 0.242. The van der Waals surface area contributed by atoms with Crippen molar-refractivity contribution in [2.45, 2.75) is 43.4 Å². The van der Waals surface area contributed by atoms with Crippen molar-refractivity contribution in [3.05, 3.63) is 29.8 Å². The molecule has 1 N–H and O–H groups in total. The van der Waals surface area contributed by atoms with E-state index in [0.29, 0.717) is 0 Å². The predicted molar refractivity (Wildman–Crippen MR) is 62.7 cm³/mol. The maximum absolute atomic E-state index is 9.34. The lowest BCUT2D eigenvalue weighted by atomic mass is 10.1. The number of rotatable bonds is 2. The van der Waals surface area contributed by atoms with E-state index in [1.54, 1.807) is 6.92 Å². The van der Waals surface area contributed by atoms with Crippen LogP contribution in [0.15, 0.2) is 29.2 Å². The molecule has 78 valence electrons. The molecular formula is C12H18OS. The zero-order valence-electron chi connectivity index (χ0n) is 9.24. The Bertz CT molecular complexity index is 282. The topological polar surface area (TPSA) is 20.2 Å². The predicted octanol–water partition coefficient (Wildman–Crippen LogP) is 3.63. The van der Waals surface area contributed by atoms with Gasteiger partial charge < -0.3 is 5.11 Å². The lowest BCUT2D eigenvalue weighted by Crippen LogP contribution is -2.06. The summed E-state index contributed by atoms with van der Waals surface area (Å²) in [5.41, 5.74) is 0.975. The highest BCUT2D eigenvalue weighted by atomic mass is 32.2. The molecule has 0 unspecified atom stereocenters. The number of aliphatic hydroxyl groups is 1. The molecule has 1 atom stereocenters. The van der Waals surface area contributed by atoms with Gasteiger partial charge in [0, 0.05) is 9.64 Å². The van der Waals surface area contributed by atoms with Crippen LogP contribution in [0.5, 0.6) is 0 Å². The van der Waals surface area contributed by atoms with Gasteiger partial charge in [0.15, 0.2) is 0 Å². The summed E-state index contributed by atoms with van der Waals surface area (Å²) >= 11 is 1.84. The van der Waals surface area contributed by atoms with Crippen molar-refractivity contribution in [1.82, 2.24) is 0 Å². The summed E-state index contributed by atoms with van der Waals surface area (Å²) < 4.78 is 0.242. The zero-order valence-corrected chi connectivity index (χ0v) is 10.1. The van der Waals surface area contributed by atoms with Crippen LogP contribution in [0.2, 0.25) is 0 Å². The van der Waals surface area contributed by atoms with E-state index in [1.165, 1.54) is 4.90 Å². The monoisotopic (exact) mass is 210 g/mol. The molecule has 0 fully saturated rings. The van der Waals surface area contributed by atoms with Gasteiger partial charge in [-0.05, 0) is 24.6 Å². The Morgan fingerprint density at radius 3 is 2.00 bits per heavy atom. The molecule has 1 rings (SSSR count). The van der Waals surface area contributed by atoms with E-state index in [4.69, 9.17) is 0 Å². The Balaban J connectivity index is 2.74. The molecule has 0 saturated carbocycles. The van der Waals surface area contributed by atoms with Gasteiger partial charge in [-0.15, -0.1) is 11.8 Å². The van der Waals surface area contributed by atoms with Gasteiger partial charge >= 0.3 is 0 Å². The molecule has 0 aliphatic heterocycles. The van der Waals surface area contributed by atoms with Crippen LogP contribution in [0.25, 0.3) is 0 Å². The third kappa shape index (κ3) is 3.72. The van der Waals surface area contributed by atoms with Crippen molar-refractivity contribution in [2.75, 3.05) is 0 Å². The molecule has 14 heavy (non-hydrogen) atoms. The SMILES string of the molecule is C[C@H](O)c1ccc(SC(C)(C)C)cc1. The average Bonchev–Trinajstić information content (AvgIpc) is 2.02. The Morgan fingerprint density at radius 2 is 1.64 bits per heavy atom. The molecule has 0 aromatic heterocycles. The molecule has 0 heterocycles. The van der Waals surface area contributed by atoms with Crippen LogP contribution in [0, 0.1) is 0 Å². The fourth-order valence-corrected chi connectivity index (χ4v) is 2.15. The van der Waals surface area contributed by atoms with Crippen molar-refractivity contribution < 1.29 is 5.11 Å². The minimum atomic E-state index is -0.372. The summed E-state index contributed by atoms with van der Waals surface area (Å²) in [6, 6.07) is 8.10. The maximum atomic E-state index is 9.34. The molecule has 0 amide bonds. The van der Waals surface area contributed by atoms with E-state index in [2.05, 4.69) is 32.9 Å². The van der Waals surface area contributed by atoms with Crippen LogP contribution in [0.1, 0.15) is 39.4 Å². The molecule has 0 saturated heterocycles. The van der Waals surface area contributed by atoms with Crippen LogP contribution in [-0.4, -0.2) is 9.85 Å². The summed E-state index contributed by atoms with van der Waals surface area (Å²) in [6.45, 7) is 8.37. The van der Waals surface area contributed by atoms with E-state index in [1.807, 2.05) is 23.9 Å². The van der Waals surface area contributed by atoms with Crippen molar-refractivity contribution in [2.24, 2.45) is 0 Å². The van der Waals surface area contributed by atoms with Gasteiger partial charge in [0.05, 0.1) is 6.10 Å². The highest BCUT2D eigenvalue weighted by molar-refractivity contribution is 8.00. The molecule has 2 heteroatoms. The maximum Gasteiger partial charge on any atom is 0.0761 e. The Labute approximate surface area is 90.5 Å². The van der Waals surface area contributed by atoms with Gasteiger partial charge in [-0.3, -0.25) is 0 Å². The van der Waals surface area contributed by atoms with E-state index in [-0.39, 0.29) is 10.9 Å². The highest BCUT2D eigenvalue weighted by Gasteiger charge is 2.11. The van der Waals surface area contributed by atoms with Gasteiger partial charge in [0.25, 0.3) is 0 Å². The fourth-order valence-electron chi connectivity index (χ4n) is 1.17. The Morgan fingerprint density at radius 1 is 1.14 bits per heavy atom. The van der Waals surface area contributed by atoms with E-state index >= 15 is 0 Å². The second-order valence-electron chi connectivity index (χ2n) is 4.46. The Kier molecular flexibility index (Phi) is 3.62. The van der Waals surface area contributed by atoms with Gasteiger partial charge in [-0.2, -0.15) is 0 Å². The average molecular weight is 210 g/mol. The largest absolute Gasteiger partial charge is 0.389 e. The molecule has 0 bridgehead atoms. The van der Waals surface area contributed by atoms with E-state index in [0.717, 1.165) is 5.56 Å². The number of thioether (sulfide) groups is 1. The molecule has 0 aliphatic carbocycles. The van der Waals surface area contributed by atoms with Crippen LogP contribution >= 0.6 is 11.8 Å². The van der Waals surface area contributed by atoms with E-state index < -0.39 is 0 Å². The third-order valence-electron chi connectivity index (χ3n) is 1.79. The quantitative estimate of drug-likeness (QED) is 0.752. The van der Waals surface area contributed by atoms with Gasteiger partial charge in [-0.1, -0.05) is 32.9 Å². The second kappa shape index (κ2) is 4.37. The lowest BCUT2D eigenvalue weighted by Gasteiger charge is -2.17. The zero-order chi connectivity index (χ0) is 10.8. The third-order valence-corrected chi connectivity index (χ3v) is 2.91. The van der Waals surface area contributed by atoms with Gasteiger partial charge in [0.2, 0.25) is 0 Å². The number of aliphatic hydroxyl groups excluding tert-OH is 1. The highest BCUT2D eigenvalue weighted by Crippen LogP contribution is 2.32. The first-order valence-electron chi connectivity index (χ1n) is 4.85. The lowest BCUT2D eigenvalue weighted by molar-refractivity contribution is 0.199. The van der Waals surface area contributed by atoms with Crippen molar-refractivity contribution in [1.29, 1.82) is 0 Å². The minimum Gasteiger partial charge on any atom is -0.389 e. The summed E-state index contributed by atoms with van der Waals surface area (Å²) in [7, 11) is 0. The normalized spacial score (nSPS) is 14.1. The van der Waals surface area contributed by atoms with Crippen molar-refractivity contribution in [3.8, 4) is 0 Å². The number of hydrogen-bond acceptors (Lipinski definition) is 2. The Hall–Kier alpha value is -0.470. The van der Waals surface area contributed by atoms with Crippen molar-refractivity contribution >= 4 is 11.8 Å². The number of hydrogen-bond donors (Lipinski definition) is 1. The standard InChI is InChI=1S/C12H18OS/c1-9(13)10-5-7-11(8-6-10)14-12(2,3)4/h5-9,13H,1-4H3/t9-/m0/s1. The van der Waals surface area contributed by atoms with Gasteiger partial charge in [-0.25, -0.2) is 0 Å². The molecule has 1 aromatic carbocycles. The van der Waals surface area contributed by atoms with Crippen molar-refractivity contribution in [3.63, 3.8) is 0 Å². The molecule has 0 radical (unpaired) electrons. The smallest absolute Gasteiger partial charge is 0.0761 e. The van der Waals surface area contributed by atoms with Crippen LogP contribution in [0.3, 0.4) is 0 Å². The summed E-state index contributed by atoms with van der Waals surface area (Å²) in [6.07, 6.45) is -0.372. The first-order chi connectivity index (χ1) is 6.38. The molecule has 1 nitrogen and oxygen atoms in total. The first kappa shape index (κ1) is 11.6. The van der Waals surface area contributed by atoms with E-state index in [9.17, 15) is 5.11 Å². The van der Waals surface area contributed by atoms with Crippen LogP contribution in [0.4, 0.5) is 0 Å². The first-order valence-corrected chi connectivity index (χ1v) is 5.67. The molecular weight excluding hydrogens is 192 g/mol. The summed E-state index contributed by atoms with van der Waals surface area (Å²) in [5.74, 6) is 0. The second-order valence-corrected chi connectivity index (χ2v) is 6.36. The molecule has 0 aliphatic rings. The summed E-state index contributed by atoms with van der Waals surface area (Å²) in [4.78, 5) is 1.25. The summed E-state index contributed by atoms with van der Waals surface area (Å²) in [5, 5.41) is 9.34. The fraction of sp³-hybridized carbons (Fsp3) is 0.500. The molecule has 1 aromatic rings. The van der Waals surface area contributed by atoms with Gasteiger partial charge in [0.1, 0.15) is 0 Å². The molecule has 0 spiro atoms.